The van der Waals surface area contributed by atoms with Gasteiger partial charge in [0.2, 0.25) is 0 Å². The Labute approximate surface area is 136 Å². The van der Waals surface area contributed by atoms with Gasteiger partial charge in [-0.2, -0.15) is 0 Å². The van der Waals surface area contributed by atoms with Crippen LogP contribution in [-0.2, 0) is 4.74 Å². The Bertz CT molecular complexity index is 515. The van der Waals surface area contributed by atoms with Crippen LogP contribution in [0.3, 0.4) is 0 Å². The molecule has 2 aliphatic rings. The van der Waals surface area contributed by atoms with Gasteiger partial charge in [0.1, 0.15) is 0 Å². The van der Waals surface area contributed by atoms with Gasteiger partial charge in [-0.3, -0.25) is 4.79 Å². The number of carbonyl (C=O) groups is 1. The van der Waals surface area contributed by atoms with Crippen molar-refractivity contribution in [3.05, 3.63) is 21.4 Å². The van der Waals surface area contributed by atoms with Crippen LogP contribution in [0.1, 0.15) is 40.1 Å². The normalized spacial score (nSPS) is 23.8. The first-order chi connectivity index (χ1) is 10.6. The largest absolute Gasteiger partial charge is 0.381 e. The molecule has 1 aromatic rings. The number of piperidine rings is 1. The molecule has 2 fully saturated rings. The van der Waals surface area contributed by atoms with E-state index in [1.165, 1.54) is 11.3 Å². The smallest absolute Gasteiger partial charge is 0.252 e. The maximum atomic E-state index is 12.4. The zero-order valence-electron chi connectivity index (χ0n) is 13.6. The van der Waals surface area contributed by atoms with Gasteiger partial charge in [0.15, 0.2) is 0 Å². The first-order valence-corrected chi connectivity index (χ1v) is 9.17. The summed E-state index contributed by atoms with van der Waals surface area (Å²) in [5.41, 5.74) is 1.98. The topological polar surface area (TPSA) is 41.6 Å². The number of nitrogens with zero attached hydrogens (tertiary/aromatic N) is 1. The molecule has 1 aromatic heterocycles. The highest BCUT2D eigenvalue weighted by Gasteiger charge is 2.25. The summed E-state index contributed by atoms with van der Waals surface area (Å²) in [5.74, 6) is 0.812. The van der Waals surface area contributed by atoms with Gasteiger partial charge in [-0.15, -0.1) is 11.3 Å². The lowest BCUT2D eigenvalue weighted by Crippen LogP contribution is -2.45. The Kier molecular flexibility index (Phi) is 5.16. The molecule has 4 nitrogen and oxygen atoms in total. The lowest BCUT2D eigenvalue weighted by molar-refractivity contribution is 0.0903. The summed E-state index contributed by atoms with van der Waals surface area (Å²) >= 11 is 1.66. The zero-order valence-corrected chi connectivity index (χ0v) is 14.4. The summed E-state index contributed by atoms with van der Waals surface area (Å²) in [7, 11) is 0. The summed E-state index contributed by atoms with van der Waals surface area (Å²) in [4.78, 5) is 16.1. The second kappa shape index (κ2) is 7.11. The van der Waals surface area contributed by atoms with Crippen molar-refractivity contribution in [1.29, 1.82) is 0 Å². The third kappa shape index (κ3) is 3.70. The number of hydrogen-bond donors (Lipinski definition) is 1. The molecule has 122 valence electrons. The van der Waals surface area contributed by atoms with E-state index in [-0.39, 0.29) is 5.91 Å². The number of rotatable bonds is 4. The van der Waals surface area contributed by atoms with Gasteiger partial charge in [-0.05, 0) is 44.6 Å². The standard InChI is InChI=1S/C17H26N2O2S/c1-12-13(2)22-11-16(12)17(20)18-15-3-6-19(7-4-15)9-14-5-8-21-10-14/h11,14-15H,3-10H2,1-2H3,(H,18,20)/t14-/m0/s1. The Hall–Kier alpha value is -0.910. The molecule has 1 atom stereocenters. The number of nitrogens with one attached hydrogen (secondary N) is 1. The maximum absolute atomic E-state index is 12.4. The molecule has 0 radical (unpaired) electrons. The Morgan fingerprint density at radius 1 is 1.36 bits per heavy atom. The van der Waals surface area contributed by atoms with E-state index in [9.17, 15) is 4.79 Å². The van der Waals surface area contributed by atoms with Crippen LogP contribution in [0.25, 0.3) is 0 Å². The second-order valence-corrected chi connectivity index (χ2v) is 7.69. The molecule has 0 saturated carbocycles. The summed E-state index contributed by atoms with van der Waals surface area (Å²) in [6.45, 7) is 9.29. The minimum absolute atomic E-state index is 0.101. The summed E-state index contributed by atoms with van der Waals surface area (Å²) in [6, 6.07) is 0.322. The number of hydrogen-bond acceptors (Lipinski definition) is 4. The number of carbonyl (C=O) groups excluding carboxylic acids is 1. The molecule has 0 unspecified atom stereocenters. The minimum Gasteiger partial charge on any atom is -0.381 e. The fourth-order valence-corrected chi connectivity index (χ4v) is 4.22. The van der Waals surface area contributed by atoms with Gasteiger partial charge >= 0.3 is 0 Å². The molecule has 0 aliphatic carbocycles. The molecule has 0 aromatic carbocycles. The highest BCUT2D eigenvalue weighted by Crippen LogP contribution is 2.22. The van der Waals surface area contributed by atoms with E-state index >= 15 is 0 Å². The van der Waals surface area contributed by atoms with E-state index in [0.29, 0.717) is 12.0 Å². The summed E-state index contributed by atoms with van der Waals surface area (Å²) < 4.78 is 5.45. The molecule has 0 bridgehead atoms. The third-order valence-electron chi connectivity index (χ3n) is 4.99. The van der Waals surface area contributed by atoms with Gasteiger partial charge in [0, 0.05) is 42.5 Å². The van der Waals surface area contributed by atoms with Crippen LogP contribution in [0.15, 0.2) is 5.38 Å². The van der Waals surface area contributed by atoms with Crippen molar-refractivity contribution in [1.82, 2.24) is 10.2 Å². The molecule has 0 spiro atoms. The maximum Gasteiger partial charge on any atom is 0.252 e. The number of ether oxygens (including phenoxy) is 1. The van der Waals surface area contributed by atoms with Crippen LogP contribution < -0.4 is 5.32 Å². The molecular weight excluding hydrogens is 296 g/mol. The number of aryl methyl sites for hydroxylation is 1. The van der Waals surface area contributed by atoms with Crippen molar-refractivity contribution < 1.29 is 9.53 Å². The van der Waals surface area contributed by atoms with Crippen LogP contribution >= 0.6 is 11.3 Å². The number of likely N-dealkylation sites (tertiary alicyclic amines) is 1. The first kappa shape index (κ1) is 16.0. The van der Waals surface area contributed by atoms with Crippen LogP contribution in [0.5, 0.6) is 0 Å². The highest BCUT2D eigenvalue weighted by atomic mass is 32.1. The third-order valence-corrected chi connectivity index (χ3v) is 6.01. The van der Waals surface area contributed by atoms with E-state index in [2.05, 4.69) is 17.1 Å². The van der Waals surface area contributed by atoms with Crippen LogP contribution in [0.2, 0.25) is 0 Å². The van der Waals surface area contributed by atoms with Gasteiger partial charge in [0.05, 0.1) is 12.2 Å². The van der Waals surface area contributed by atoms with Crippen molar-refractivity contribution in [2.45, 2.75) is 39.2 Å². The second-order valence-electron chi connectivity index (χ2n) is 6.61. The van der Waals surface area contributed by atoms with Crippen molar-refractivity contribution in [3.8, 4) is 0 Å². The molecular formula is C17H26N2O2S. The minimum atomic E-state index is 0.101. The van der Waals surface area contributed by atoms with Crippen LogP contribution in [0.4, 0.5) is 0 Å². The molecule has 3 heterocycles. The highest BCUT2D eigenvalue weighted by molar-refractivity contribution is 7.10. The number of thiophene rings is 1. The predicted octanol–water partition coefficient (Wildman–Crippen LogP) is 2.60. The van der Waals surface area contributed by atoms with E-state index in [1.807, 2.05) is 12.3 Å². The fraction of sp³-hybridized carbons (Fsp3) is 0.706. The first-order valence-electron chi connectivity index (χ1n) is 8.29. The van der Waals surface area contributed by atoms with Crippen molar-refractivity contribution in [2.24, 2.45) is 5.92 Å². The van der Waals surface area contributed by atoms with E-state index in [4.69, 9.17) is 4.74 Å². The lowest BCUT2D eigenvalue weighted by Gasteiger charge is -2.33. The van der Waals surface area contributed by atoms with Gasteiger partial charge < -0.3 is 15.0 Å². The Morgan fingerprint density at radius 2 is 2.14 bits per heavy atom. The quantitative estimate of drug-likeness (QED) is 0.926. The summed E-state index contributed by atoms with van der Waals surface area (Å²) in [6.07, 6.45) is 3.32. The van der Waals surface area contributed by atoms with Crippen molar-refractivity contribution >= 4 is 17.2 Å². The SMILES string of the molecule is Cc1scc(C(=O)NC2CCN(C[C@@H]3CCOC3)CC2)c1C. The number of amides is 1. The van der Waals surface area contributed by atoms with Crippen LogP contribution in [0, 0.1) is 19.8 Å². The van der Waals surface area contributed by atoms with Crippen molar-refractivity contribution in [3.63, 3.8) is 0 Å². The fourth-order valence-electron chi connectivity index (χ4n) is 3.35. The van der Waals surface area contributed by atoms with Crippen molar-refractivity contribution in [2.75, 3.05) is 32.8 Å². The molecule has 3 rings (SSSR count). The zero-order chi connectivity index (χ0) is 15.5. The molecule has 1 N–H and O–H groups in total. The Morgan fingerprint density at radius 3 is 2.73 bits per heavy atom. The van der Waals surface area contributed by atoms with Crippen LogP contribution in [-0.4, -0.2) is 49.7 Å². The Balaban J connectivity index is 1.45. The molecule has 22 heavy (non-hydrogen) atoms. The van der Waals surface area contributed by atoms with E-state index in [1.54, 1.807) is 11.3 Å². The molecule has 1 amide bonds. The van der Waals surface area contributed by atoms with Gasteiger partial charge in [-0.25, -0.2) is 0 Å². The van der Waals surface area contributed by atoms with E-state index in [0.717, 1.165) is 56.8 Å². The molecule has 2 aliphatic heterocycles. The molecule has 2 saturated heterocycles. The van der Waals surface area contributed by atoms with Gasteiger partial charge in [0.25, 0.3) is 5.91 Å². The van der Waals surface area contributed by atoms with E-state index < -0.39 is 0 Å². The average Bonchev–Trinajstić information content (AvgIpc) is 3.12. The average molecular weight is 322 g/mol. The molecule has 5 heteroatoms. The summed E-state index contributed by atoms with van der Waals surface area (Å²) in [5, 5.41) is 5.20. The van der Waals surface area contributed by atoms with Gasteiger partial charge in [-0.1, -0.05) is 0 Å². The monoisotopic (exact) mass is 322 g/mol. The lowest BCUT2D eigenvalue weighted by atomic mass is 10.0. The predicted molar refractivity (Wildman–Crippen MR) is 89.6 cm³/mol.